The summed E-state index contributed by atoms with van der Waals surface area (Å²) in [6.45, 7) is 0. The molecule has 0 saturated carbocycles. The van der Waals surface area contributed by atoms with Gasteiger partial charge in [0.1, 0.15) is 0 Å². The van der Waals surface area contributed by atoms with E-state index in [2.05, 4.69) is 0 Å². The van der Waals surface area contributed by atoms with Crippen LogP contribution in [0.4, 0.5) is 0 Å². The van der Waals surface area contributed by atoms with Crippen molar-refractivity contribution in [1.29, 1.82) is 0 Å². The topological polar surface area (TPSA) is 103 Å². The first-order valence-corrected chi connectivity index (χ1v) is 1.39. The summed E-state index contributed by atoms with van der Waals surface area (Å²) in [5, 5.41) is 0. The molecule has 0 spiro atoms. The van der Waals surface area contributed by atoms with Gasteiger partial charge in [0, 0.05) is 0 Å². The molecule has 0 fully saturated rings. The summed E-state index contributed by atoms with van der Waals surface area (Å²) in [5.74, 6) is 0. The van der Waals surface area contributed by atoms with Gasteiger partial charge in [-0.05, 0) is 0 Å². The normalized spacial score (nSPS) is 0.857. The molecule has 32 valence electrons. The first-order chi connectivity index (χ1) is 1.00. The Bertz CT molecular complexity index is 11.7. The molecule has 0 saturated heterocycles. The number of hydrogen-bond donors (Lipinski definition) is 0. The molecule has 0 radical (unpaired) electrons. The van der Waals surface area contributed by atoms with E-state index in [0.29, 0.717) is 0 Å². The summed E-state index contributed by atoms with van der Waals surface area (Å²) in [6, 6.07) is 0. The number of rotatable bonds is 0. The van der Waals surface area contributed by atoms with Crippen molar-refractivity contribution in [2.75, 3.05) is 0 Å². The predicted octanol–water partition coefficient (Wildman–Crippen LogP) is -1.24. The summed E-state index contributed by atoms with van der Waals surface area (Å²) in [7, 11) is 0. The SMILES string of the molecule is [Al+3].[Mg+2].[O-2].[O-2].[O-2].[O]=[Y+]. The Morgan fingerprint density at radius 1 is 0.857 bits per heavy atom. The maximum atomic E-state index is 8.38. The Labute approximate surface area is 88.7 Å². The first-order valence-electron chi connectivity index (χ1n) is 0.236. The van der Waals surface area contributed by atoms with Crippen LogP contribution in [0.2, 0.25) is 0 Å². The fourth-order valence-corrected chi connectivity index (χ4v) is 0. The van der Waals surface area contributed by atoms with Gasteiger partial charge < -0.3 is 16.4 Å². The van der Waals surface area contributed by atoms with Gasteiger partial charge in [0.05, 0.1) is 0 Å². The Hall–Kier alpha value is 2.08. The fraction of sp³-hybridized carbons (Fsp3) is 0. The van der Waals surface area contributed by atoms with E-state index in [-0.39, 0.29) is 87.9 Å². The Morgan fingerprint density at radius 2 is 0.857 bits per heavy atom. The second-order valence-corrected chi connectivity index (χ2v) is 0. The Morgan fingerprint density at radius 3 is 0.857 bits per heavy atom. The third-order valence-corrected chi connectivity index (χ3v) is 0. The molecule has 0 aliphatic heterocycles. The van der Waals surface area contributed by atoms with E-state index in [9.17, 15) is 0 Å². The second kappa shape index (κ2) is 93.5. The van der Waals surface area contributed by atoms with Gasteiger partial charge in [-0.3, -0.25) is 0 Å². The van der Waals surface area contributed by atoms with Gasteiger partial charge in [-0.1, -0.05) is 0 Å². The summed E-state index contributed by atoms with van der Waals surface area (Å²) < 4.78 is 8.38. The zero-order chi connectivity index (χ0) is 2.00. The van der Waals surface area contributed by atoms with Crippen molar-refractivity contribution < 1.29 is 49.5 Å². The molecule has 7 heavy (non-hydrogen) atoms. The van der Waals surface area contributed by atoms with Crippen molar-refractivity contribution in [3.8, 4) is 0 Å². The Balaban J connectivity index is -0.000000000500. The molecule has 7 heteroatoms. The van der Waals surface area contributed by atoms with E-state index in [1.165, 1.54) is 0 Å². The molecule has 4 nitrogen and oxygen atoms in total. The predicted molar refractivity (Wildman–Crippen MR) is 14.3 cm³/mol. The molecule has 0 unspecified atom stereocenters. The van der Waals surface area contributed by atoms with E-state index in [1.54, 1.807) is 0 Å². The summed E-state index contributed by atoms with van der Waals surface area (Å²) in [5.41, 5.74) is 0. The molecule has 0 bridgehead atoms. The van der Waals surface area contributed by atoms with Crippen LogP contribution in [-0.2, 0) is 49.5 Å². The second-order valence-electron chi connectivity index (χ2n) is 0. The van der Waals surface area contributed by atoms with E-state index in [4.69, 9.17) is 2.04 Å². The monoisotopic (exact) mass is 204 g/mol. The van der Waals surface area contributed by atoms with Gasteiger partial charge in [-0.25, -0.2) is 0 Å². The van der Waals surface area contributed by atoms with Crippen LogP contribution >= 0.6 is 0 Å². The van der Waals surface area contributed by atoms with Crippen LogP contribution < -0.4 is 0 Å². The van der Waals surface area contributed by atoms with Crippen molar-refractivity contribution >= 4 is 40.4 Å². The summed E-state index contributed by atoms with van der Waals surface area (Å²) in [4.78, 5) is 0. The van der Waals surface area contributed by atoms with Crippen LogP contribution in [0.5, 0.6) is 0 Å². The van der Waals surface area contributed by atoms with Crippen LogP contribution in [0.3, 0.4) is 0 Å². The molecule has 0 rings (SSSR count). The summed E-state index contributed by atoms with van der Waals surface area (Å²) in [6.07, 6.45) is 0. The molecule has 0 aromatic carbocycles. The van der Waals surface area contributed by atoms with Crippen molar-refractivity contribution in [3.05, 3.63) is 0 Å². The molecular weight excluding hydrogens is 204 g/mol. The standard InChI is InChI=1S/Al.Mg.4O.Y/q+3;+2;;3*-2;+1. The molecule has 0 amide bonds. The first kappa shape index (κ1) is 62.4. The molecule has 0 atom stereocenters. The molecule has 0 aliphatic carbocycles. The number of hydrogen-bond acceptors (Lipinski definition) is 1. The average Bonchev–Trinajstić information content (AvgIpc) is 1.00. The molecule has 0 aliphatic rings. The molecule has 0 aromatic rings. The van der Waals surface area contributed by atoms with Gasteiger partial charge in [0.25, 0.3) is 0 Å². The summed E-state index contributed by atoms with van der Waals surface area (Å²) >= 11 is 0.100. The van der Waals surface area contributed by atoms with Gasteiger partial charge in [-0.15, -0.1) is 0 Å². The van der Waals surface area contributed by atoms with Crippen LogP contribution in [0, 0.1) is 0 Å². The minimum atomic E-state index is 0. The minimum absolute atomic E-state index is 0. The van der Waals surface area contributed by atoms with Gasteiger partial charge in [0.2, 0.25) is 0 Å². The fourth-order valence-electron chi connectivity index (χ4n) is 0. The van der Waals surface area contributed by atoms with E-state index < -0.39 is 0 Å². The third-order valence-electron chi connectivity index (χ3n) is 0. The Kier molecular flexibility index (Phi) is 834. The van der Waals surface area contributed by atoms with Crippen molar-refractivity contribution in [3.63, 3.8) is 0 Å². The quantitative estimate of drug-likeness (QED) is 0.452. The average molecular weight is 204 g/mol. The molecule has 0 heterocycles. The zero-order valence-electron chi connectivity index (χ0n) is 3.49. The molecule has 0 N–H and O–H groups in total. The van der Waals surface area contributed by atoms with E-state index >= 15 is 0 Å². The van der Waals surface area contributed by atoms with E-state index in [0.717, 1.165) is 0 Å². The molecular formula is AlMgO4Y. The van der Waals surface area contributed by atoms with Crippen LogP contribution in [0.15, 0.2) is 0 Å². The van der Waals surface area contributed by atoms with Gasteiger partial charge in [-0.2, -0.15) is 0 Å². The van der Waals surface area contributed by atoms with Gasteiger partial charge in [0.15, 0.2) is 0 Å². The molecule has 0 aromatic heterocycles. The van der Waals surface area contributed by atoms with Crippen molar-refractivity contribution in [2.45, 2.75) is 0 Å². The van der Waals surface area contributed by atoms with E-state index in [1.807, 2.05) is 0 Å². The third kappa shape index (κ3) is 68.9. The van der Waals surface area contributed by atoms with Crippen LogP contribution in [0.25, 0.3) is 0 Å². The zero-order valence-corrected chi connectivity index (χ0v) is 8.90. The van der Waals surface area contributed by atoms with Crippen LogP contribution in [-0.4, -0.2) is 40.4 Å². The van der Waals surface area contributed by atoms with Gasteiger partial charge >= 0.3 is 73.5 Å². The maximum absolute atomic E-state index is 8.38. The van der Waals surface area contributed by atoms with Crippen LogP contribution in [0.1, 0.15) is 0 Å². The van der Waals surface area contributed by atoms with Crippen molar-refractivity contribution in [1.82, 2.24) is 0 Å². The van der Waals surface area contributed by atoms with Crippen molar-refractivity contribution in [2.24, 2.45) is 0 Å².